The molecule has 3 aromatic rings. The molecule has 0 radical (unpaired) electrons. The third-order valence-electron chi connectivity index (χ3n) is 7.47. The molecular formula is C27H30FN5OS. The van der Waals surface area contributed by atoms with Gasteiger partial charge in [-0.25, -0.2) is 4.39 Å². The lowest BCUT2D eigenvalue weighted by Crippen LogP contribution is -2.65. The Morgan fingerprint density at radius 1 is 1.11 bits per heavy atom. The van der Waals surface area contributed by atoms with E-state index in [0.717, 1.165) is 28.8 Å². The van der Waals surface area contributed by atoms with E-state index in [1.807, 2.05) is 43.3 Å². The summed E-state index contributed by atoms with van der Waals surface area (Å²) in [7, 11) is 1.66. The maximum absolute atomic E-state index is 14.4. The first-order valence-electron chi connectivity index (χ1n) is 11.9. The van der Waals surface area contributed by atoms with Gasteiger partial charge in [0.05, 0.1) is 17.1 Å². The second-order valence-electron chi connectivity index (χ2n) is 9.65. The van der Waals surface area contributed by atoms with Gasteiger partial charge >= 0.3 is 0 Å². The standard InChI is InChI=1S/C27H30FN5OS/c1-27(23-15-19(16-35-23)18-6-5-7-20(29)14-18)24(25(34)32(2)26(30)31-27)17-10-12-33(13-11-17)22-9-4-3-8-21(22)28/h3-9,14-17,24H,10-13,29H2,1-2H3,(H2,30,31)/t24-,27+/m0/s1. The number of hydrogen-bond donors (Lipinski definition) is 3. The summed E-state index contributed by atoms with van der Waals surface area (Å²) in [6.07, 6.45) is 1.55. The maximum atomic E-state index is 14.4. The second kappa shape index (κ2) is 9.00. The van der Waals surface area contributed by atoms with E-state index in [0.29, 0.717) is 24.5 Å². The van der Waals surface area contributed by atoms with Crippen molar-refractivity contribution in [1.82, 2.24) is 10.2 Å². The van der Waals surface area contributed by atoms with Gasteiger partial charge in [-0.3, -0.25) is 15.1 Å². The van der Waals surface area contributed by atoms with E-state index in [1.54, 1.807) is 24.5 Å². The van der Waals surface area contributed by atoms with Crippen molar-refractivity contribution in [2.24, 2.45) is 11.8 Å². The Hall–Kier alpha value is -3.39. The number of carbonyl (C=O) groups is 1. The van der Waals surface area contributed by atoms with Crippen molar-refractivity contribution in [3.63, 3.8) is 0 Å². The van der Waals surface area contributed by atoms with E-state index in [2.05, 4.69) is 21.7 Å². The molecule has 1 amide bonds. The van der Waals surface area contributed by atoms with Crippen LogP contribution >= 0.6 is 11.3 Å². The number of nitrogens with two attached hydrogens (primary N) is 1. The summed E-state index contributed by atoms with van der Waals surface area (Å²) >= 11 is 1.60. The van der Waals surface area contributed by atoms with Gasteiger partial charge in [0.2, 0.25) is 5.91 Å². The van der Waals surface area contributed by atoms with Crippen LogP contribution in [0, 0.1) is 23.1 Å². The van der Waals surface area contributed by atoms with Crippen LogP contribution in [0.15, 0.2) is 60.0 Å². The summed E-state index contributed by atoms with van der Waals surface area (Å²) in [5.74, 6) is -0.379. The summed E-state index contributed by atoms with van der Waals surface area (Å²) in [4.78, 5) is 18.1. The first-order valence-corrected chi connectivity index (χ1v) is 12.7. The van der Waals surface area contributed by atoms with Crippen molar-refractivity contribution in [1.29, 1.82) is 5.41 Å². The number of nitrogens with one attached hydrogen (secondary N) is 2. The Morgan fingerprint density at radius 2 is 1.86 bits per heavy atom. The molecule has 4 N–H and O–H groups in total. The summed E-state index contributed by atoms with van der Waals surface area (Å²) in [6, 6.07) is 16.7. The van der Waals surface area contributed by atoms with Crippen LogP contribution in [-0.2, 0) is 10.3 Å². The lowest BCUT2D eigenvalue weighted by atomic mass is 9.70. The van der Waals surface area contributed by atoms with E-state index in [9.17, 15) is 9.18 Å². The number of nitrogen functional groups attached to an aromatic ring is 1. The number of thiophene rings is 1. The maximum Gasteiger partial charge on any atom is 0.235 e. The SMILES string of the molecule is CN1C(=N)N[C@](C)(c2cc(-c3cccc(N)c3)cs2)[C@@H](C2CCN(c3ccccc3F)CC2)C1=O. The minimum Gasteiger partial charge on any atom is -0.399 e. The zero-order valence-corrected chi connectivity index (χ0v) is 20.7. The van der Waals surface area contributed by atoms with Gasteiger partial charge in [-0.05, 0) is 72.5 Å². The van der Waals surface area contributed by atoms with Crippen molar-refractivity contribution >= 4 is 34.6 Å². The second-order valence-corrected chi connectivity index (χ2v) is 10.6. The van der Waals surface area contributed by atoms with Gasteiger partial charge in [-0.2, -0.15) is 0 Å². The fourth-order valence-electron chi connectivity index (χ4n) is 5.52. The van der Waals surface area contributed by atoms with Crippen LogP contribution in [0.25, 0.3) is 11.1 Å². The minimum atomic E-state index is -0.714. The predicted molar refractivity (Wildman–Crippen MR) is 140 cm³/mol. The van der Waals surface area contributed by atoms with Crippen LogP contribution in [0.5, 0.6) is 0 Å². The first kappa shape index (κ1) is 23.4. The largest absolute Gasteiger partial charge is 0.399 e. The Bertz CT molecular complexity index is 1270. The fourth-order valence-corrected chi connectivity index (χ4v) is 6.60. The normalized spacial score (nSPS) is 23.5. The highest BCUT2D eigenvalue weighted by Gasteiger charge is 2.52. The highest BCUT2D eigenvalue weighted by molar-refractivity contribution is 7.10. The summed E-state index contributed by atoms with van der Waals surface area (Å²) < 4.78 is 14.4. The molecule has 0 saturated carbocycles. The van der Waals surface area contributed by atoms with Crippen molar-refractivity contribution in [2.75, 3.05) is 30.8 Å². The molecule has 2 aliphatic heterocycles. The van der Waals surface area contributed by atoms with Crippen molar-refractivity contribution in [3.05, 3.63) is 70.7 Å². The lowest BCUT2D eigenvalue weighted by Gasteiger charge is -2.49. The smallest absolute Gasteiger partial charge is 0.235 e. The molecule has 6 nitrogen and oxygen atoms in total. The number of para-hydroxylation sites is 1. The molecule has 182 valence electrons. The molecule has 0 aliphatic carbocycles. The predicted octanol–water partition coefficient (Wildman–Crippen LogP) is 4.88. The number of halogens is 1. The van der Waals surface area contributed by atoms with Crippen LogP contribution in [0.4, 0.5) is 15.8 Å². The van der Waals surface area contributed by atoms with E-state index in [-0.39, 0.29) is 29.5 Å². The van der Waals surface area contributed by atoms with E-state index in [1.165, 1.54) is 11.0 Å². The van der Waals surface area contributed by atoms with Crippen LogP contribution in [0.1, 0.15) is 24.6 Å². The number of nitrogens with zero attached hydrogens (tertiary/aromatic N) is 2. The number of rotatable bonds is 4. The molecule has 2 atom stereocenters. The minimum absolute atomic E-state index is 0.0421. The van der Waals surface area contributed by atoms with Gasteiger partial charge in [-0.15, -0.1) is 11.3 Å². The van der Waals surface area contributed by atoms with Crippen LogP contribution in [0.2, 0.25) is 0 Å². The molecular weight excluding hydrogens is 461 g/mol. The average molecular weight is 492 g/mol. The number of anilines is 2. The van der Waals surface area contributed by atoms with Crippen molar-refractivity contribution in [3.8, 4) is 11.1 Å². The molecule has 35 heavy (non-hydrogen) atoms. The fraction of sp³-hybridized carbons (Fsp3) is 0.333. The summed E-state index contributed by atoms with van der Waals surface area (Å²) in [5.41, 5.74) is 8.67. The highest BCUT2D eigenvalue weighted by Crippen LogP contribution is 2.45. The van der Waals surface area contributed by atoms with Gasteiger partial charge in [-0.1, -0.05) is 24.3 Å². The molecule has 2 aliphatic rings. The quantitative estimate of drug-likeness (QED) is 0.454. The van der Waals surface area contributed by atoms with Crippen LogP contribution in [0.3, 0.4) is 0 Å². The molecule has 5 rings (SSSR count). The molecule has 0 bridgehead atoms. The molecule has 3 heterocycles. The van der Waals surface area contributed by atoms with E-state index < -0.39 is 5.54 Å². The Labute approximate surface area is 209 Å². The average Bonchev–Trinajstić information content (AvgIpc) is 3.35. The zero-order valence-electron chi connectivity index (χ0n) is 19.9. The number of amides is 1. The third-order valence-corrected chi connectivity index (χ3v) is 8.64. The van der Waals surface area contributed by atoms with Crippen LogP contribution < -0.4 is 16.0 Å². The molecule has 0 spiro atoms. The third kappa shape index (κ3) is 4.16. The number of piperidine rings is 1. The topological polar surface area (TPSA) is 85.4 Å². The Balaban J connectivity index is 1.44. The molecule has 2 fully saturated rings. The number of hydrogen-bond acceptors (Lipinski definition) is 5. The number of carbonyl (C=O) groups excluding carboxylic acids is 1. The molecule has 0 unspecified atom stereocenters. The first-order chi connectivity index (χ1) is 16.8. The lowest BCUT2D eigenvalue weighted by molar-refractivity contribution is -0.138. The molecule has 8 heteroatoms. The highest BCUT2D eigenvalue weighted by atomic mass is 32.1. The van der Waals surface area contributed by atoms with E-state index in [4.69, 9.17) is 11.1 Å². The van der Waals surface area contributed by atoms with Gasteiger partial charge in [0.15, 0.2) is 5.96 Å². The molecule has 1 aromatic heterocycles. The Morgan fingerprint density at radius 3 is 2.57 bits per heavy atom. The van der Waals surface area contributed by atoms with Gasteiger partial charge in [0.1, 0.15) is 5.82 Å². The number of guanidine groups is 1. The molecule has 2 aromatic carbocycles. The van der Waals surface area contributed by atoms with Gasteiger partial charge in [0, 0.05) is 30.7 Å². The van der Waals surface area contributed by atoms with Gasteiger partial charge in [0.25, 0.3) is 0 Å². The summed E-state index contributed by atoms with van der Waals surface area (Å²) in [6.45, 7) is 3.41. The van der Waals surface area contributed by atoms with Crippen molar-refractivity contribution in [2.45, 2.75) is 25.3 Å². The van der Waals surface area contributed by atoms with Gasteiger partial charge < -0.3 is 16.0 Å². The molecule has 2 saturated heterocycles. The zero-order chi connectivity index (χ0) is 24.7. The monoisotopic (exact) mass is 491 g/mol. The number of benzene rings is 2. The van der Waals surface area contributed by atoms with E-state index >= 15 is 0 Å². The van der Waals surface area contributed by atoms with Crippen molar-refractivity contribution < 1.29 is 9.18 Å². The Kier molecular flexibility index (Phi) is 6.01. The van der Waals surface area contributed by atoms with Crippen LogP contribution in [-0.4, -0.2) is 36.9 Å². The summed E-state index contributed by atoms with van der Waals surface area (Å²) in [5, 5.41) is 13.9.